The zero-order valence-corrected chi connectivity index (χ0v) is 17.7. The summed E-state index contributed by atoms with van der Waals surface area (Å²) >= 11 is 1.72. The van der Waals surface area contributed by atoms with Gasteiger partial charge >= 0.3 is 0 Å². The highest BCUT2D eigenvalue weighted by Crippen LogP contribution is 2.34. The van der Waals surface area contributed by atoms with Gasteiger partial charge in [0.05, 0.1) is 5.69 Å². The number of fused-ring (bicyclic) bond motifs is 1. The molecule has 2 amide bonds. The molecule has 6 nitrogen and oxygen atoms in total. The molecule has 2 heterocycles. The van der Waals surface area contributed by atoms with Crippen molar-refractivity contribution >= 4 is 28.3 Å². The highest BCUT2D eigenvalue weighted by Gasteiger charge is 2.29. The summed E-state index contributed by atoms with van der Waals surface area (Å²) in [6.45, 7) is 5.48. The molecule has 1 atom stereocenters. The summed E-state index contributed by atoms with van der Waals surface area (Å²) in [5, 5.41) is 4.16. The van der Waals surface area contributed by atoms with Crippen LogP contribution in [-0.4, -0.2) is 54.4 Å². The fourth-order valence-electron chi connectivity index (χ4n) is 4.05. The lowest BCUT2D eigenvalue weighted by Gasteiger charge is -2.33. The topological polar surface area (TPSA) is 65.5 Å². The second-order valence-electron chi connectivity index (χ2n) is 7.83. The van der Waals surface area contributed by atoms with E-state index in [0.29, 0.717) is 6.54 Å². The molecule has 0 saturated carbocycles. The van der Waals surface area contributed by atoms with Gasteiger partial charge in [-0.25, -0.2) is 4.98 Å². The molecule has 4 rings (SSSR count). The lowest BCUT2D eigenvalue weighted by atomic mass is 9.90. The third-order valence-electron chi connectivity index (χ3n) is 5.85. The maximum atomic E-state index is 12.6. The van der Waals surface area contributed by atoms with E-state index in [2.05, 4.69) is 22.3 Å². The van der Waals surface area contributed by atoms with Crippen molar-refractivity contribution in [1.29, 1.82) is 0 Å². The predicted molar refractivity (Wildman–Crippen MR) is 115 cm³/mol. The summed E-state index contributed by atoms with van der Waals surface area (Å²) in [6, 6.07) is 10.2. The van der Waals surface area contributed by atoms with E-state index in [1.807, 2.05) is 23.1 Å². The van der Waals surface area contributed by atoms with E-state index in [4.69, 9.17) is 4.98 Å². The highest BCUT2D eigenvalue weighted by atomic mass is 32.1. The Labute approximate surface area is 175 Å². The minimum atomic E-state index is 0.0427. The van der Waals surface area contributed by atoms with Crippen LogP contribution in [0.1, 0.15) is 29.5 Å². The number of amides is 2. The number of carbonyl (C=O) groups is 2. The molecule has 0 spiro atoms. The summed E-state index contributed by atoms with van der Waals surface area (Å²) in [6.07, 6.45) is 3.39. The molecule has 0 radical (unpaired) electrons. The van der Waals surface area contributed by atoms with Gasteiger partial charge in [0.25, 0.3) is 0 Å². The van der Waals surface area contributed by atoms with Gasteiger partial charge in [-0.05, 0) is 31.2 Å². The minimum Gasteiger partial charge on any atom is -0.356 e. The van der Waals surface area contributed by atoms with Gasteiger partial charge in [0.1, 0.15) is 0 Å². The molecule has 1 unspecified atom stereocenters. The van der Waals surface area contributed by atoms with Crippen LogP contribution < -0.4 is 10.2 Å². The van der Waals surface area contributed by atoms with Crippen molar-refractivity contribution in [2.75, 3.05) is 37.6 Å². The van der Waals surface area contributed by atoms with Crippen molar-refractivity contribution in [2.24, 2.45) is 5.92 Å². The molecule has 1 saturated heterocycles. The molecule has 0 bridgehead atoms. The van der Waals surface area contributed by atoms with Crippen molar-refractivity contribution in [2.45, 2.75) is 32.6 Å². The number of carbonyl (C=O) groups excluding carboxylic acids is 2. The van der Waals surface area contributed by atoms with Crippen LogP contribution >= 0.6 is 11.3 Å². The van der Waals surface area contributed by atoms with E-state index >= 15 is 0 Å². The molecule has 1 aliphatic carbocycles. The molecule has 1 aromatic carbocycles. The molecule has 154 valence electrons. The maximum Gasteiger partial charge on any atom is 0.223 e. The average Bonchev–Trinajstić information content (AvgIpc) is 3.18. The average molecular weight is 413 g/mol. The number of nitrogens with zero attached hydrogens (tertiary/aromatic N) is 3. The monoisotopic (exact) mass is 412 g/mol. The van der Waals surface area contributed by atoms with E-state index in [1.54, 1.807) is 18.3 Å². The van der Waals surface area contributed by atoms with E-state index < -0.39 is 0 Å². The van der Waals surface area contributed by atoms with Crippen LogP contribution in [0.3, 0.4) is 0 Å². The smallest absolute Gasteiger partial charge is 0.223 e. The van der Waals surface area contributed by atoms with Crippen LogP contribution in [0, 0.1) is 5.92 Å². The van der Waals surface area contributed by atoms with Crippen LogP contribution in [0.4, 0.5) is 5.13 Å². The first-order chi connectivity index (χ1) is 14.1. The van der Waals surface area contributed by atoms with Crippen LogP contribution in [0.15, 0.2) is 30.3 Å². The molecule has 1 fully saturated rings. The Kier molecular flexibility index (Phi) is 6.13. The number of aryl methyl sites for hydroxylation is 1. The SMILES string of the molecule is CC(=O)N1CCN(c2nc3c(s2)CC(C(=O)NCCc2ccccc2)CC3)CC1. The number of piperazine rings is 1. The van der Waals surface area contributed by atoms with Crippen molar-refractivity contribution in [3.63, 3.8) is 0 Å². The van der Waals surface area contributed by atoms with Crippen molar-refractivity contribution in [1.82, 2.24) is 15.2 Å². The first-order valence-corrected chi connectivity index (χ1v) is 11.2. The van der Waals surface area contributed by atoms with Crippen LogP contribution in [0.25, 0.3) is 0 Å². The Morgan fingerprint density at radius 3 is 2.66 bits per heavy atom. The largest absolute Gasteiger partial charge is 0.356 e. The number of hydrogen-bond acceptors (Lipinski definition) is 5. The van der Waals surface area contributed by atoms with Gasteiger partial charge in [-0.2, -0.15) is 0 Å². The third kappa shape index (κ3) is 4.78. The lowest BCUT2D eigenvalue weighted by molar-refractivity contribution is -0.129. The molecule has 1 aromatic heterocycles. The van der Waals surface area contributed by atoms with Gasteiger partial charge in [-0.3, -0.25) is 9.59 Å². The van der Waals surface area contributed by atoms with E-state index in [1.165, 1.54) is 10.4 Å². The van der Waals surface area contributed by atoms with Gasteiger partial charge < -0.3 is 15.1 Å². The highest BCUT2D eigenvalue weighted by molar-refractivity contribution is 7.15. The van der Waals surface area contributed by atoms with Crippen LogP contribution in [0.2, 0.25) is 0 Å². The summed E-state index contributed by atoms with van der Waals surface area (Å²) in [7, 11) is 0. The molecule has 29 heavy (non-hydrogen) atoms. The first kappa shape index (κ1) is 19.9. The molecule has 1 aliphatic heterocycles. The number of benzene rings is 1. The Bertz CT molecular complexity index is 859. The van der Waals surface area contributed by atoms with E-state index in [-0.39, 0.29) is 17.7 Å². The van der Waals surface area contributed by atoms with Gasteiger partial charge in [-0.1, -0.05) is 30.3 Å². The van der Waals surface area contributed by atoms with Crippen molar-refractivity contribution in [3.05, 3.63) is 46.5 Å². The third-order valence-corrected chi connectivity index (χ3v) is 7.03. The lowest BCUT2D eigenvalue weighted by Crippen LogP contribution is -2.48. The molecule has 1 N–H and O–H groups in total. The fourth-order valence-corrected chi connectivity index (χ4v) is 5.29. The van der Waals surface area contributed by atoms with E-state index in [9.17, 15) is 9.59 Å². The number of rotatable bonds is 5. The number of anilines is 1. The summed E-state index contributed by atoms with van der Waals surface area (Å²) < 4.78 is 0. The summed E-state index contributed by atoms with van der Waals surface area (Å²) in [5.74, 6) is 0.349. The van der Waals surface area contributed by atoms with E-state index in [0.717, 1.165) is 62.7 Å². The predicted octanol–water partition coefficient (Wildman–Crippen LogP) is 2.28. The Balaban J connectivity index is 1.29. The van der Waals surface area contributed by atoms with Gasteiger partial charge in [0, 0.05) is 50.4 Å². The van der Waals surface area contributed by atoms with Crippen LogP contribution in [0.5, 0.6) is 0 Å². The number of nitrogens with one attached hydrogen (secondary N) is 1. The molecular formula is C22H28N4O2S. The minimum absolute atomic E-state index is 0.0427. The van der Waals surface area contributed by atoms with Gasteiger partial charge in [0.2, 0.25) is 11.8 Å². The molecule has 7 heteroatoms. The second kappa shape index (κ2) is 8.95. The zero-order valence-electron chi connectivity index (χ0n) is 16.9. The number of aromatic nitrogens is 1. The maximum absolute atomic E-state index is 12.6. The Morgan fingerprint density at radius 2 is 1.93 bits per heavy atom. The quantitative estimate of drug-likeness (QED) is 0.818. The van der Waals surface area contributed by atoms with Crippen LogP contribution in [-0.2, 0) is 28.9 Å². The Hall–Kier alpha value is -2.41. The summed E-state index contributed by atoms with van der Waals surface area (Å²) in [4.78, 5) is 34.4. The van der Waals surface area contributed by atoms with Gasteiger partial charge in [-0.15, -0.1) is 11.3 Å². The fraction of sp³-hybridized carbons (Fsp3) is 0.500. The molecular weight excluding hydrogens is 384 g/mol. The molecule has 2 aliphatic rings. The zero-order chi connectivity index (χ0) is 20.2. The number of thiazole rings is 1. The van der Waals surface area contributed by atoms with Gasteiger partial charge in [0.15, 0.2) is 5.13 Å². The molecule has 2 aromatic rings. The second-order valence-corrected chi connectivity index (χ2v) is 8.89. The standard InChI is InChI=1S/C22H28N4O2S/c1-16(27)25-11-13-26(14-12-25)22-24-19-8-7-18(15-20(19)29-22)21(28)23-10-9-17-5-3-2-4-6-17/h2-6,18H,7-15H2,1H3,(H,23,28). The Morgan fingerprint density at radius 1 is 1.17 bits per heavy atom. The first-order valence-electron chi connectivity index (χ1n) is 10.4. The van der Waals surface area contributed by atoms with Crippen molar-refractivity contribution < 1.29 is 9.59 Å². The summed E-state index contributed by atoms with van der Waals surface area (Å²) in [5.41, 5.74) is 2.41. The normalized spacial score (nSPS) is 19.0. The number of hydrogen-bond donors (Lipinski definition) is 1. The van der Waals surface area contributed by atoms with Crippen molar-refractivity contribution in [3.8, 4) is 0 Å².